The second kappa shape index (κ2) is 9.46. The number of carboxylic acid groups (broad SMARTS) is 1. The van der Waals surface area contributed by atoms with Gasteiger partial charge >= 0.3 is 5.97 Å². The number of hydrogen-bond acceptors (Lipinski definition) is 7. The smallest absolute Gasteiger partial charge is 0.335 e. The van der Waals surface area contributed by atoms with E-state index < -0.39 is 5.97 Å². The first-order valence-corrected chi connectivity index (χ1v) is 10.5. The summed E-state index contributed by atoms with van der Waals surface area (Å²) in [4.78, 5) is 25.4. The summed E-state index contributed by atoms with van der Waals surface area (Å²) in [7, 11) is 0. The lowest BCUT2D eigenvalue weighted by Crippen LogP contribution is -2.12. The summed E-state index contributed by atoms with van der Waals surface area (Å²) in [6.45, 7) is 3.28. The Labute approximate surface area is 183 Å². The molecule has 0 saturated heterocycles. The quantitative estimate of drug-likeness (QED) is 0.374. The maximum atomic E-state index is 10.9. The topological polar surface area (TPSA) is 100 Å². The molecular weight excluding hydrogens is 410 g/mol. The molecule has 3 aromatic heterocycles. The highest BCUT2D eigenvalue weighted by molar-refractivity contribution is 7.15. The maximum absolute atomic E-state index is 10.9. The van der Waals surface area contributed by atoms with Crippen LogP contribution in [0.2, 0.25) is 0 Å². The van der Waals surface area contributed by atoms with Crippen LogP contribution >= 0.6 is 11.3 Å². The number of carbonyl (C=O) groups is 1. The zero-order chi connectivity index (χ0) is 21.6. The normalized spacial score (nSPS) is 10.7. The van der Waals surface area contributed by atoms with E-state index in [4.69, 9.17) is 5.11 Å². The van der Waals surface area contributed by atoms with Crippen LogP contribution in [0.1, 0.15) is 26.5 Å². The number of thiazole rings is 1. The Morgan fingerprint density at radius 3 is 2.65 bits per heavy atom. The van der Waals surface area contributed by atoms with E-state index in [1.807, 2.05) is 55.6 Å². The fourth-order valence-electron chi connectivity index (χ4n) is 2.97. The van der Waals surface area contributed by atoms with Gasteiger partial charge in [0.15, 0.2) is 0 Å². The molecule has 3 N–H and O–H groups in total. The summed E-state index contributed by atoms with van der Waals surface area (Å²) in [5.74, 6) is 0.571. The number of nitrogens with one attached hydrogen (secondary N) is 2. The third-order valence-corrected chi connectivity index (χ3v) is 5.55. The predicted molar refractivity (Wildman–Crippen MR) is 122 cm³/mol. The summed E-state index contributed by atoms with van der Waals surface area (Å²) in [6.07, 6.45) is 3.60. The minimum atomic E-state index is -0.919. The van der Waals surface area contributed by atoms with Gasteiger partial charge in [-0.1, -0.05) is 18.2 Å². The molecule has 0 aliphatic heterocycles. The molecule has 0 atom stereocenters. The van der Waals surface area contributed by atoms with Crippen LogP contribution in [0.25, 0.3) is 10.6 Å². The van der Waals surface area contributed by atoms with Crippen LogP contribution in [0.3, 0.4) is 0 Å². The van der Waals surface area contributed by atoms with E-state index in [2.05, 4.69) is 25.6 Å². The van der Waals surface area contributed by atoms with Crippen molar-refractivity contribution in [3.63, 3.8) is 0 Å². The lowest BCUT2D eigenvalue weighted by Gasteiger charge is -2.06. The molecule has 4 aromatic rings. The van der Waals surface area contributed by atoms with Gasteiger partial charge in [-0.2, -0.15) is 0 Å². The standard InChI is InChI=1S/C23H21N5O2S/c1-15-9-10-25-21(11-15)28-20-4-2-3-18(27-20)19-13-26-22(31-19)14-24-12-16-5-7-17(8-6-16)23(29)30/h2-11,13,24H,12,14H2,1H3,(H,29,30)(H,25,27,28). The van der Waals surface area contributed by atoms with Gasteiger partial charge in [-0.3, -0.25) is 0 Å². The second-order valence-electron chi connectivity index (χ2n) is 6.98. The van der Waals surface area contributed by atoms with Crippen molar-refractivity contribution in [2.45, 2.75) is 20.0 Å². The Morgan fingerprint density at radius 2 is 1.87 bits per heavy atom. The lowest BCUT2D eigenvalue weighted by molar-refractivity contribution is 0.0697. The maximum Gasteiger partial charge on any atom is 0.335 e. The lowest BCUT2D eigenvalue weighted by atomic mass is 10.1. The number of rotatable bonds is 8. The van der Waals surface area contributed by atoms with Crippen LogP contribution in [0, 0.1) is 6.92 Å². The minimum absolute atomic E-state index is 0.288. The number of hydrogen-bond donors (Lipinski definition) is 3. The predicted octanol–water partition coefficient (Wildman–Crippen LogP) is 4.64. The Morgan fingerprint density at radius 1 is 1.03 bits per heavy atom. The summed E-state index contributed by atoms with van der Waals surface area (Å²) < 4.78 is 0. The molecule has 4 rings (SSSR count). The fourth-order valence-corrected chi connectivity index (χ4v) is 3.82. The molecule has 156 valence electrons. The van der Waals surface area contributed by atoms with Crippen LogP contribution < -0.4 is 10.6 Å². The SMILES string of the molecule is Cc1ccnc(Nc2cccc(-c3cnc(CNCc4ccc(C(=O)O)cc4)s3)n2)c1. The van der Waals surface area contributed by atoms with Gasteiger partial charge in [-0.15, -0.1) is 11.3 Å². The zero-order valence-corrected chi connectivity index (χ0v) is 17.7. The molecule has 0 fully saturated rings. The van der Waals surface area contributed by atoms with Crippen LogP contribution in [0.4, 0.5) is 11.6 Å². The average Bonchev–Trinajstić information content (AvgIpc) is 3.23. The molecule has 0 radical (unpaired) electrons. The first kappa shape index (κ1) is 20.6. The minimum Gasteiger partial charge on any atom is -0.478 e. The Hall–Kier alpha value is -3.62. The third-order valence-electron chi connectivity index (χ3n) is 4.53. The van der Waals surface area contributed by atoms with Crippen molar-refractivity contribution in [3.8, 4) is 10.6 Å². The average molecular weight is 432 g/mol. The van der Waals surface area contributed by atoms with Crippen LogP contribution in [0.15, 0.2) is 67.0 Å². The Bertz CT molecular complexity index is 1190. The summed E-state index contributed by atoms with van der Waals surface area (Å²) in [5, 5.41) is 16.5. The molecule has 0 aliphatic rings. The fraction of sp³-hybridized carbons (Fsp3) is 0.130. The van der Waals surface area contributed by atoms with Crippen LogP contribution in [-0.4, -0.2) is 26.0 Å². The van der Waals surface area contributed by atoms with E-state index >= 15 is 0 Å². The van der Waals surface area contributed by atoms with Gasteiger partial charge < -0.3 is 15.7 Å². The van der Waals surface area contributed by atoms with Crippen molar-refractivity contribution in [3.05, 3.63) is 88.7 Å². The van der Waals surface area contributed by atoms with Gasteiger partial charge in [0.05, 0.1) is 16.1 Å². The first-order valence-electron chi connectivity index (χ1n) is 9.71. The number of aromatic carboxylic acids is 1. The molecule has 1 aromatic carbocycles. The van der Waals surface area contributed by atoms with Crippen molar-refractivity contribution in [2.24, 2.45) is 0 Å². The van der Waals surface area contributed by atoms with E-state index in [1.54, 1.807) is 29.7 Å². The molecule has 7 nitrogen and oxygen atoms in total. The van der Waals surface area contributed by atoms with Crippen molar-refractivity contribution in [1.82, 2.24) is 20.3 Å². The monoisotopic (exact) mass is 431 g/mol. The highest BCUT2D eigenvalue weighted by Gasteiger charge is 2.08. The van der Waals surface area contributed by atoms with E-state index in [0.29, 0.717) is 13.1 Å². The molecule has 0 saturated carbocycles. The third kappa shape index (κ3) is 5.50. The summed E-state index contributed by atoms with van der Waals surface area (Å²) >= 11 is 1.59. The van der Waals surface area contributed by atoms with E-state index in [1.165, 1.54) is 0 Å². The second-order valence-corrected chi connectivity index (χ2v) is 8.09. The van der Waals surface area contributed by atoms with Crippen LogP contribution in [0.5, 0.6) is 0 Å². The van der Waals surface area contributed by atoms with Crippen molar-refractivity contribution in [2.75, 3.05) is 5.32 Å². The Kier molecular flexibility index (Phi) is 6.30. The number of carboxylic acids is 1. The van der Waals surface area contributed by atoms with Crippen molar-refractivity contribution in [1.29, 1.82) is 0 Å². The molecule has 31 heavy (non-hydrogen) atoms. The number of aromatic nitrogens is 3. The number of pyridine rings is 2. The van der Waals surface area contributed by atoms with Gasteiger partial charge in [-0.25, -0.2) is 19.7 Å². The first-order chi connectivity index (χ1) is 15.1. The van der Waals surface area contributed by atoms with Gasteiger partial charge in [-0.05, 0) is 54.4 Å². The molecule has 0 aliphatic carbocycles. The molecule has 0 unspecified atom stereocenters. The van der Waals surface area contributed by atoms with Crippen molar-refractivity contribution < 1.29 is 9.90 Å². The van der Waals surface area contributed by atoms with E-state index in [0.717, 1.165) is 38.3 Å². The van der Waals surface area contributed by atoms with Gasteiger partial charge in [0.2, 0.25) is 0 Å². The highest BCUT2D eigenvalue weighted by Crippen LogP contribution is 2.26. The van der Waals surface area contributed by atoms with E-state index in [9.17, 15) is 4.79 Å². The highest BCUT2D eigenvalue weighted by atomic mass is 32.1. The molecule has 0 amide bonds. The van der Waals surface area contributed by atoms with Crippen molar-refractivity contribution >= 4 is 28.9 Å². The largest absolute Gasteiger partial charge is 0.478 e. The zero-order valence-electron chi connectivity index (χ0n) is 16.9. The molecule has 3 heterocycles. The molecule has 0 bridgehead atoms. The van der Waals surface area contributed by atoms with Gasteiger partial charge in [0, 0.05) is 25.5 Å². The molecule has 8 heteroatoms. The summed E-state index contributed by atoms with van der Waals surface area (Å²) in [5.41, 5.74) is 3.29. The number of nitrogens with zero attached hydrogens (tertiary/aromatic N) is 3. The number of benzene rings is 1. The van der Waals surface area contributed by atoms with E-state index in [-0.39, 0.29) is 5.56 Å². The molecular formula is C23H21N5O2S. The Balaban J connectivity index is 1.36. The van der Waals surface area contributed by atoms with Gasteiger partial charge in [0.1, 0.15) is 16.6 Å². The number of anilines is 2. The van der Waals surface area contributed by atoms with Gasteiger partial charge in [0.25, 0.3) is 0 Å². The number of aryl methyl sites for hydroxylation is 1. The summed E-state index contributed by atoms with van der Waals surface area (Å²) in [6, 6.07) is 16.6. The van der Waals surface area contributed by atoms with Crippen LogP contribution in [-0.2, 0) is 13.1 Å². The molecule has 0 spiro atoms.